The molecule has 1 saturated heterocycles. The molecule has 1 aromatic carbocycles. The Labute approximate surface area is 170 Å². The summed E-state index contributed by atoms with van der Waals surface area (Å²) in [6.07, 6.45) is 5.40. The first kappa shape index (κ1) is 21.0. The minimum atomic E-state index is -0.917. The van der Waals surface area contributed by atoms with E-state index in [4.69, 9.17) is 9.47 Å². The summed E-state index contributed by atoms with van der Waals surface area (Å²) < 4.78 is 11.4. The number of imide groups is 1. The average Bonchev–Trinajstić information content (AvgIpc) is 3.30. The van der Waals surface area contributed by atoms with Crippen molar-refractivity contribution in [2.45, 2.75) is 64.0 Å². The van der Waals surface area contributed by atoms with Crippen molar-refractivity contribution in [3.8, 4) is 11.5 Å². The Morgan fingerprint density at radius 3 is 2.48 bits per heavy atom. The average molecular weight is 403 g/mol. The van der Waals surface area contributed by atoms with Gasteiger partial charge < -0.3 is 20.1 Å². The Hall–Kier alpha value is -2.77. The van der Waals surface area contributed by atoms with Gasteiger partial charge in [0.05, 0.1) is 13.2 Å². The van der Waals surface area contributed by atoms with E-state index in [9.17, 15) is 14.4 Å². The molecule has 8 heteroatoms. The SMILES string of the molecule is CCC1(CC)NC(=O)N(CC(=O)Nc2ccc(OC)c(OC3CCCC3)c2)C1=O. The number of benzene rings is 1. The molecule has 1 aliphatic carbocycles. The monoisotopic (exact) mass is 403 g/mol. The molecule has 1 heterocycles. The van der Waals surface area contributed by atoms with E-state index < -0.39 is 17.5 Å². The molecule has 1 saturated carbocycles. The second-order valence-electron chi connectivity index (χ2n) is 7.55. The number of nitrogens with zero attached hydrogens (tertiary/aromatic N) is 1. The van der Waals surface area contributed by atoms with Crippen molar-refractivity contribution in [2.75, 3.05) is 19.0 Å². The minimum Gasteiger partial charge on any atom is -0.493 e. The van der Waals surface area contributed by atoms with Crippen LogP contribution in [0.2, 0.25) is 0 Å². The summed E-state index contributed by atoms with van der Waals surface area (Å²) in [7, 11) is 1.57. The number of methoxy groups -OCH3 is 1. The molecule has 0 atom stereocenters. The molecular formula is C21H29N3O5. The largest absolute Gasteiger partial charge is 0.493 e. The lowest BCUT2D eigenvalue weighted by Gasteiger charge is -2.23. The van der Waals surface area contributed by atoms with Crippen molar-refractivity contribution in [2.24, 2.45) is 0 Å². The summed E-state index contributed by atoms with van der Waals surface area (Å²) in [6.45, 7) is 3.35. The lowest BCUT2D eigenvalue weighted by atomic mass is 9.93. The standard InChI is InChI=1S/C21H29N3O5/c1-4-21(5-2)19(26)24(20(27)23-21)13-18(25)22-14-10-11-16(28-3)17(12-14)29-15-8-6-7-9-15/h10-12,15H,4-9,13H2,1-3H3,(H,22,25)(H,23,27). The van der Waals surface area contributed by atoms with Crippen LogP contribution in [0.3, 0.4) is 0 Å². The lowest BCUT2D eigenvalue weighted by Crippen LogP contribution is -2.46. The van der Waals surface area contributed by atoms with Gasteiger partial charge in [0.25, 0.3) is 5.91 Å². The first-order valence-electron chi connectivity index (χ1n) is 10.2. The molecule has 8 nitrogen and oxygen atoms in total. The van der Waals surface area contributed by atoms with E-state index in [-0.39, 0.29) is 18.6 Å². The summed E-state index contributed by atoms with van der Waals surface area (Å²) in [5, 5.41) is 5.46. The molecule has 0 bridgehead atoms. The van der Waals surface area contributed by atoms with Crippen LogP contribution in [0.5, 0.6) is 11.5 Å². The van der Waals surface area contributed by atoms with E-state index >= 15 is 0 Å². The Kier molecular flexibility index (Phi) is 6.30. The summed E-state index contributed by atoms with van der Waals surface area (Å²) in [6, 6.07) is 4.61. The molecule has 0 radical (unpaired) electrons. The summed E-state index contributed by atoms with van der Waals surface area (Å²) >= 11 is 0. The van der Waals surface area contributed by atoms with E-state index in [1.54, 1.807) is 25.3 Å². The molecule has 3 rings (SSSR count). The molecule has 2 aliphatic rings. The van der Waals surface area contributed by atoms with Crippen molar-refractivity contribution >= 4 is 23.5 Å². The third kappa shape index (κ3) is 4.31. The Morgan fingerprint density at radius 1 is 1.21 bits per heavy atom. The highest BCUT2D eigenvalue weighted by molar-refractivity contribution is 6.10. The van der Waals surface area contributed by atoms with Crippen molar-refractivity contribution < 1.29 is 23.9 Å². The Balaban J connectivity index is 1.67. The number of urea groups is 1. The van der Waals surface area contributed by atoms with Crippen LogP contribution in [0.1, 0.15) is 52.4 Å². The van der Waals surface area contributed by atoms with Gasteiger partial charge in [-0.3, -0.25) is 14.5 Å². The van der Waals surface area contributed by atoms with E-state index in [1.807, 2.05) is 13.8 Å². The molecule has 0 spiro atoms. The molecule has 1 aliphatic heterocycles. The predicted molar refractivity (Wildman–Crippen MR) is 108 cm³/mol. The van der Waals surface area contributed by atoms with E-state index in [0.29, 0.717) is 30.0 Å². The van der Waals surface area contributed by atoms with Crippen LogP contribution in [-0.2, 0) is 9.59 Å². The third-order valence-corrected chi connectivity index (χ3v) is 5.80. The quantitative estimate of drug-likeness (QED) is 0.650. The van der Waals surface area contributed by atoms with Gasteiger partial charge in [0.15, 0.2) is 11.5 Å². The van der Waals surface area contributed by atoms with Gasteiger partial charge in [0, 0.05) is 11.8 Å². The van der Waals surface area contributed by atoms with Crippen molar-refractivity contribution in [3.05, 3.63) is 18.2 Å². The number of carbonyl (C=O) groups is 3. The first-order chi connectivity index (χ1) is 13.9. The normalized spacial score (nSPS) is 18.7. The topological polar surface area (TPSA) is 97.0 Å². The van der Waals surface area contributed by atoms with Gasteiger partial charge >= 0.3 is 6.03 Å². The number of carbonyl (C=O) groups excluding carboxylic acids is 3. The van der Waals surface area contributed by atoms with Crippen molar-refractivity contribution in [3.63, 3.8) is 0 Å². The number of hydrogen-bond donors (Lipinski definition) is 2. The number of rotatable bonds is 8. The van der Waals surface area contributed by atoms with Crippen LogP contribution in [0, 0.1) is 0 Å². The Morgan fingerprint density at radius 2 is 1.90 bits per heavy atom. The van der Waals surface area contributed by atoms with Crippen molar-refractivity contribution in [1.29, 1.82) is 0 Å². The zero-order valence-corrected chi connectivity index (χ0v) is 17.2. The highest BCUT2D eigenvalue weighted by Crippen LogP contribution is 2.34. The van der Waals surface area contributed by atoms with Crippen LogP contribution in [0.25, 0.3) is 0 Å². The second kappa shape index (κ2) is 8.71. The number of amides is 4. The van der Waals surface area contributed by atoms with E-state index in [1.165, 1.54) is 0 Å². The second-order valence-corrected chi connectivity index (χ2v) is 7.55. The van der Waals surface area contributed by atoms with Crippen LogP contribution in [0.4, 0.5) is 10.5 Å². The molecule has 2 N–H and O–H groups in total. The highest BCUT2D eigenvalue weighted by atomic mass is 16.5. The minimum absolute atomic E-state index is 0.150. The van der Waals surface area contributed by atoms with Crippen LogP contribution >= 0.6 is 0 Å². The van der Waals surface area contributed by atoms with Gasteiger partial charge in [-0.15, -0.1) is 0 Å². The van der Waals surface area contributed by atoms with E-state index in [0.717, 1.165) is 30.6 Å². The van der Waals surface area contributed by atoms with Crippen LogP contribution < -0.4 is 20.1 Å². The van der Waals surface area contributed by atoms with Gasteiger partial charge in [-0.05, 0) is 50.7 Å². The zero-order valence-electron chi connectivity index (χ0n) is 17.2. The maximum Gasteiger partial charge on any atom is 0.325 e. The molecule has 29 heavy (non-hydrogen) atoms. The number of ether oxygens (including phenoxy) is 2. The Bertz CT molecular complexity index is 785. The van der Waals surface area contributed by atoms with Gasteiger partial charge in [-0.1, -0.05) is 13.8 Å². The fourth-order valence-corrected chi connectivity index (χ4v) is 3.93. The zero-order chi connectivity index (χ0) is 21.0. The van der Waals surface area contributed by atoms with Crippen molar-refractivity contribution in [1.82, 2.24) is 10.2 Å². The molecular weight excluding hydrogens is 374 g/mol. The van der Waals surface area contributed by atoms with E-state index in [2.05, 4.69) is 10.6 Å². The third-order valence-electron chi connectivity index (χ3n) is 5.80. The fraction of sp³-hybridized carbons (Fsp3) is 0.571. The summed E-state index contributed by atoms with van der Waals surface area (Å²) in [4.78, 5) is 38.3. The van der Waals surface area contributed by atoms with Gasteiger partial charge in [-0.2, -0.15) is 0 Å². The number of hydrogen-bond acceptors (Lipinski definition) is 5. The lowest BCUT2D eigenvalue weighted by molar-refractivity contribution is -0.134. The van der Waals surface area contributed by atoms with Gasteiger partial charge in [0.1, 0.15) is 12.1 Å². The van der Waals surface area contributed by atoms with Gasteiger partial charge in [0.2, 0.25) is 5.91 Å². The molecule has 0 aromatic heterocycles. The maximum atomic E-state index is 12.6. The predicted octanol–water partition coefficient (Wildman–Crippen LogP) is 3.07. The number of nitrogens with one attached hydrogen (secondary N) is 2. The van der Waals surface area contributed by atoms with Gasteiger partial charge in [-0.25, -0.2) is 4.79 Å². The highest BCUT2D eigenvalue weighted by Gasteiger charge is 2.49. The molecule has 0 unspecified atom stereocenters. The molecule has 4 amide bonds. The molecule has 158 valence electrons. The molecule has 1 aromatic rings. The number of anilines is 1. The van der Waals surface area contributed by atoms with Crippen LogP contribution in [0.15, 0.2) is 18.2 Å². The summed E-state index contributed by atoms with van der Waals surface area (Å²) in [5.74, 6) is 0.360. The smallest absolute Gasteiger partial charge is 0.325 e. The molecule has 2 fully saturated rings. The fourth-order valence-electron chi connectivity index (χ4n) is 3.93. The summed E-state index contributed by atoms with van der Waals surface area (Å²) in [5.41, 5.74) is -0.396. The maximum absolute atomic E-state index is 12.6. The van der Waals surface area contributed by atoms with Crippen LogP contribution in [-0.4, -0.2) is 48.0 Å². The first-order valence-corrected chi connectivity index (χ1v) is 10.2.